The fraction of sp³-hybridized carbons (Fsp3) is 0.519. The van der Waals surface area contributed by atoms with E-state index < -0.39 is 21.9 Å². The summed E-state index contributed by atoms with van der Waals surface area (Å²) in [5.41, 5.74) is 3.50. The first kappa shape index (κ1) is 27.5. The van der Waals surface area contributed by atoms with Crippen molar-refractivity contribution in [1.82, 2.24) is 9.80 Å². The molecule has 0 aliphatic carbocycles. The van der Waals surface area contributed by atoms with E-state index >= 15 is 0 Å². The Hall–Kier alpha value is -3.57. The number of nitro groups is 2. The zero-order chi connectivity index (χ0) is 27.6. The van der Waals surface area contributed by atoms with Gasteiger partial charge in [-0.3, -0.25) is 25.0 Å². The number of nitrogens with zero attached hydrogens (tertiary/aromatic N) is 6. The first-order valence-electron chi connectivity index (χ1n) is 13.0. The monoisotopic (exact) mass is 524 g/mol. The van der Waals surface area contributed by atoms with Gasteiger partial charge in [0.15, 0.2) is 5.78 Å². The lowest BCUT2D eigenvalue weighted by Crippen LogP contribution is -2.59. The Kier molecular flexibility index (Phi) is 8.27. The highest BCUT2D eigenvalue weighted by Crippen LogP contribution is 2.36. The number of nitro benzene ring substituents is 2. The highest BCUT2D eigenvalue weighted by Gasteiger charge is 2.39. The second-order valence-electron chi connectivity index (χ2n) is 10.7. The molecular weight excluding hydrogens is 488 g/mol. The van der Waals surface area contributed by atoms with Crippen LogP contribution in [0.4, 0.5) is 22.7 Å². The largest absolute Gasteiger partial charge is 0.360 e. The molecule has 11 heteroatoms. The lowest BCUT2D eigenvalue weighted by Gasteiger charge is -2.43. The van der Waals surface area contributed by atoms with Gasteiger partial charge in [-0.1, -0.05) is 12.1 Å². The van der Waals surface area contributed by atoms with Crippen molar-refractivity contribution in [1.29, 1.82) is 0 Å². The quantitative estimate of drug-likeness (QED) is 0.341. The molecule has 4 rings (SSSR count). The Labute approximate surface area is 222 Å². The molecule has 0 amide bonds. The highest BCUT2D eigenvalue weighted by atomic mass is 16.6. The average Bonchev–Trinajstić information content (AvgIpc) is 2.88. The molecule has 0 fully saturated rings. The summed E-state index contributed by atoms with van der Waals surface area (Å²) in [4.78, 5) is 44.9. The van der Waals surface area contributed by atoms with Gasteiger partial charge in [-0.05, 0) is 65.0 Å². The summed E-state index contributed by atoms with van der Waals surface area (Å²) < 4.78 is 0. The van der Waals surface area contributed by atoms with E-state index in [2.05, 4.69) is 0 Å². The van der Waals surface area contributed by atoms with Crippen LogP contribution in [-0.4, -0.2) is 91.9 Å². The van der Waals surface area contributed by atoms with Crippen molar-refractivity contribution < 1.29 is 14.6 Å². The van der Waals surface area contributed by atoms with E-state index in [1.54, 1.807) is 24.3 Å². The molecule has 2 aliphatic heterocycles. The number of likely N-dealkylation sites (N-methyl/N-ethyl adjacent to an activating group) is 2. The van der Waals surface area contributed by atoms with Gasteiger partial charge in [0.25, 0.3) is 11.4 Å². The number of aryl methyl sites for hydroxylation is 2. The van der Waals surface area contributed by atoms with Crippen LogP contribution < -0.4 is 9.80 Å². The molecule has 2 heterocycles. The summed E-state index contributed by atoms with van der Waals surface area (Å²) >= 11 is 0. The predicted molar refractivity (Wildman–Crippen MR) is 147 cm³/mol. The third-order valence-electron chi connectivity index (χ3n) is 7.35. The van der Waals surface area contributed by atoms with E-state index in [-0.39, 0.29) is 17.2 Å². The summed E-state index contributed by atoms with van der Waals surface area (Å²) in [6.07, 6.45) is 3.30. The maximum Gasteiger partial charge on any atom is 0.271 e. The third-order valence-corrected chi connectivity index (χ3v) is 7.35. The van der Waals surface area contributed by atoms with Gasteiger partial charge in [0.1, 0.15) is 12.1 Å². The number of non-ortho nitro benzene ring substituents is 2. The molecule has 2 unspecified atom stereocenters. The maximum atomic E-state index is 14.6. The number of hydrogen-bond acceptors (Lipinski definition) is 9. The van der Waals surface area contributed by atoms with E-state index in [0.717, 1.165) is 48.2 Å². The molecule has 2 aromatic carbocycles. The Balaban J connectivity index is 1.77. The number of rotatable bonds is 10. The molecule has 0 saturated carbocycles. The van der Waals surface area contributed by atoms with Crippen molar-refractivity contribution >= 4 is 28.5 Å². The number of hydrogen-bond donors (Lipinski definition) is 0. The minimum absolute atomic E-state index is 0.00566. The first-order chi connectivity index (χ1) is 18.1. The summed E-state index contributed by atoms with van der Waals surface area (Å²) in [6, 6.07) is 8.74. The highest BCUT2D eigenvalue weighted by molar-refractivity contribution is 5.95. The molecule has 0 aromatic heterocycles. The minimum Gasteiger partial charge on any atom is -0.360 e. The van der Waals surface area contributed by atoms with Crippen LogP contribution in [-0.2, 0) is 17.6 Å². The molecule has 0 saturated heterocycles. The molecular formula is C27H36N6O5. The van der Waals surface area contributed by atoms with E-state index in [4.69, 9.17) is 0 Å². The normalized spacial score (nSPS) is 16.7. The number of fused-ring (bicyclic) bond motifs is 2. The molecule has 204 valence electrons. The average molecular weight is 525 g/mol. The van der Waals surface area contributed by atoms with Crippen LogP contribution in [0.3, 0.4) is 0 Å². The van der Waals surface area contributed by atoms with Gasteiger partial charge < -0.3 is 19.6 Å². The van der Waals surface area contributed by atoms with Crippen LogP contribution in [0.25, 0.3) is 0 Å². The Morgan fingerprint density at radius 1 is 0.789 bits per heavy atom. The zero-order valence-electron chi connectivity index (χ0n) is 22.5. The number of benzene rings is 2. The molecule has 0 bridgehead atoms. The number of ketones is 1. The minimum atomic E-state index is -0.542. The molecule has 0 spiro atoms. The molecule has 11 nitrogen and oxygen atoms in total. The van der Waals surface area contributed by atoms with Crippen molar-refractivity contribution in [3.8, 4) is 0 Å². The van der Waals surface area contributed by atoms with Gasteiger partial charge in [-0.2, -0.15) is 0 Å². The number of Topliss-reactive ketones (excluding diaryl/α,β-unsaturated/α-hetero) is 1. The van der Waals surface area contributed by atoms with Crippen LogP contribution in [0, 0.1) is 20.2 Å². The van der Waals surface area contributed by atoms with Gasteiger partial charge in [0, 0.05) is 61.8 Å². The summed E-state index contributed by atoms with van der Waals surface area (Å²) in [5.74, 6) is 0.00566. The molecule has 0 N–H and O–H groups in total. The van der Waals surface area contributed by atoms with Gasteiger partial charge in [0.05, 0.1) is 9.85 Å². The molecule has 2 aromatic rings. The van der Waals surface area contributed by atoms with E-state index in [9.17, 15) is 25.0 Å². The fourth-order valence-electron chi connectivity index (χ4n) is 5.66. The number of carbonyl (C=O) groups is 1. The van der Waals surface area contributed by atoms with E-state index in [1.807, 2.05) is 47.8 Å². The van der Waals surface area contributed by atoms with Gasteiger partial charge in [0.2, 0.25) is 0 Å². The lowest BCUT2D eigenvalue weighted by molar-refractivity contribution is -0.385. The van der Waals surface area contributed by atoms with Gasteiger partial charge in [-0.25, -0.2) is 0 Å². The van der Waals surface area contributed by atoms with Crippen molar-refractivity contribution in [2.75, 3.05) is 64.2 Å². The second kappa shape index (κ2) is 11.4. The van der Waals surface area contributed by atoms with Crippen LogP contribution in [0.1, 0.15) is 24.0 Å². The summed E-state index contributed by atoms with van der Waals surface area (Å²) in [6.45, 7) is 2.13. The summed E-state index contributed by atoms with van der Waals surface area (Å²) in [5, 5.41) is 23.1. The van der Waals surface area contributed by atoms with Crippen LogP contribution >= 0.6 is 0 Å². The lowest BCUT2D eigenvalue weighted by atomic mass is 9.93. The predicted octanol–water partition coefficient (Wildman–Crippen LogP) is 3.14. The molecule has 38 heavy (non-hydrogen) atoms. The SMILES string of the molecule is CN(C)CC(C(=O)C(CN(C)C)N1CCCc2ccc([N+](=O)[O-])cc21)N1CCCc2ccc([N+](=O)[O-])cc21. The zero-order valence-corrected chi connectivity index (χ0v) is 22.5. The molecule has 0 radical (unpaired) electrons. The van der Waals surface area contributed by atoms with Crippen molar-refractivity contribution in [3.63, 3.8) is 0 Å². The topological polar surface area (TPSA) is 116 Å². The maximum absolute atomic E-state index is 14.6. The first-order valence-corrected chi connectivity index (χ1v) is 13.0. The van der Waals surface area contributed by atoms with Crippen LogP contribution in [0.5, 0.6) is 0 Å². The Bertz CT molecular complexity index is 1120. The number of anilines is 2. The standard InChI is InChI=1S/C27H36N6O5/c1-28(2)17-25(30-13-5-7-19-9-11-21(32(35)36)15-23(19)30)27(34)26(18-29(3)4)31-14-6-8-20-10-12-22(33(37)38)16-24(20)31/h9-12,15-16,25-26H,5-8,13-14,17-18H2,1-4H3. The number of carbonyl (C=O) groups excluding carboxylic acids is 1. The van der Waals surface area contributed by atoms with E-state index in [1.165, 1.54) is 12.1 Å². The Morgan fingerprint density at radius 2 is 1.18 bits per heavy atom. The molecule has 2 atom stereocenters. The van der Waals surface area contributed by atoms with Crippen LogP contribution in [0.15, 0.2) is 36.4 Å². The molecule has 2 aliphatic rings. The van der Waals surface area contributed by atoms with E-state index in [0.29, 0.717) is 26.2 Å². The van der Waals surface area contributed by atoms with Crippen molar-refractivity contribution in [2.45, 2.75) is 37.8 Å². The Morgan fingerprint density at radius 3 is 1.53 bits per heavy atom. The second-order valence-corrected chi connectivity index (χ2v) is 10.7. The van der Waals surface area contributed by atoms with Crippen molar-refractivity contribution in [3.05, 3.63) is 67.8 Å². The van der Waals surface area contributed by atoms with Gasteiger partial charge >= 0.3 is 0 Å². The third kappa shape index (κ3) is 5.78. The smallest absolute Gasteiger partial charge is 0.271 e. The van der Waals surface area contributed by atoms with Crippen LogP contribution in [0.2, 0.25) is 0 Å². The van der Waals surface area contributed by atoms with Gasteiger partial charge in [-0.15, -0.1) is 0 Å². The van der Waals surface area contributed by atoms with Crippen molar-refractivity contribution in [2.24, 2.45) is 0 Å². The fourth-order valence-corrected chi connectivity index (χ4v) is 5.66. The summed E-state index contributed by atoms with van der Waals surface area (Å²) in [7, 11) is 7.66.